The molecule has 1 aliphatic rings. The van der Waals surface area contributed by atoms with Gasteiger partial charge in [-0.15, -0.1) is 11.3 Å². The molecule has 1 saturated carbocycles. The topological polar surface area (TPSA) is 50.9 Å². The van der Waals surface area contributed by atoms with Crippen molar-refractivity contribution in [3.05, 3.63) is 29.3 Å². The van der Waals surface area contributed by atoms with Crippen molar-refractivity contribution < 1.29 is 0 Å². The summed E-state index contributed by atoms with van der Waals surface area (Å²) in [6, 6.07) is 8.72. The lowest BCUT2D eigenvalue weighted by atomic mass is 9.92. The van der Waals surface area contributed by atoms with Gasteiger partial charge in [-0.2, -0.15) is 0 Å². The third kappa shape index (κ3) is 4.02. The van der Waals surface area contributed by atoms with Crippen LogP contribution in [0.25, 0.3) is 10.2 Å². The maximum absolute atomic E-state index is 5.80. The Morgan fingerprint density at radius 2 is 1.95 bits per heavy atom. The molecular formula is C17H25N3S. The van der Waals surface area contributed by atoms with Crippen molar-refractivity contribution in [3.63, 3.8) is 0 Å². The van der Waals surface area contributed by atoms with Crippen molar-refractivity contribution in [2.24, 2.45) is 11.8 Å². The molecule has 1 atom stereocenters. The number of hydrogen-bond donors (Lipinski definition) is 2. The van der Waals surface area contributed by atoms with E-state index in [1.54, 1.807) is 11.3 Å². The van der Waals surface area contributed by atoms with E-state index in [9.17, 15) is 0 Å². The van der Waals surface area contributed by atoms with Crippen LogP contribution >= 0.6 is 11.3 Å². The van der Waals surface area contributed by atoms with Gasteiger partial charge >= 0.3 is 0 Å². The number of thiazole rings is 1. The molecular weight excluding hydrogens is 278 g/mol. The zero-order valence-electron chi connectivity index (χ0n) is 12.6. The quantitative estimate of drug-likeness (QED) is 0.498. The van der Waals surface area contributed by atoms with Crippen molar-refractivity contribution in [1.29, 1.82) is 0 Å². The molecule has 1 aromatic heterocycles. The highest BCUT2D eigenvalue weighted by Gasteiger charge is 2.19. The fourth-order valence-corrected chi connectivity index (χ4v) is 4.48. The van der Waals surface area contributed by atoms with Crippen LogP contribution in [0.1, 0.15) is 50.0 Å². The highest BCUT2D eigenvalue weighted by Crippen LogP contribution is 2.28. The minimum absolute atomic E-state index is 0.355. The first kappa shape index (κ1) is 14.9. The lowest BCUT2D eigenvalue weighted by Crippen LogP contribution is -2.38. The van der Waals surface area contributed by atoms with Gasteiger partial charge in [0.2, 0.25) is 0 Å². The van der Waals surface area contributed by atoms with Gasteiger partial charge < -0.3 is 0 Å². The normalized spacial score (nSPS) is 18.7. The second kappa shape index (κ2) is 7.34. The van der Waals surface area contributed by atoms with E-state index in [0.29, 0.717) is 6.04 Å². The summed E-state index contributed by atoms with van der Waals surface area (Å²) in [5, 5.41) is 1.20. The van der Waals surface area contributed by atoms with Gasteiger partial charge in [0.1, 0.15) is 0 Å². The van der Waals surface area contributed by atoms with Crippen molar-refractivity contribution in [2.45, 2.75) is 57.4 Å². The Labute approximate surface area is 130 Å². The van der Waals surface area contributed by atoms with Crippen LogP contribution in [0.5, 0.6) is 0 Å². The Morgan fingerprint density at radius 3 is 2.67 bits per heavy atom. The second-order valence-electron chi connectivity index (χ2n) is 6.24. The molecule has 4 heteroatoms. The molecule has 1 unspecified atom stereocenters. The summed E-state index contributed by atoms with van der Waals surface area (Å²) >= 11 is 1.80. The molecule has 0 radical (unpaired) electrons. The molecule has 114 valence electrons. The summed E-state index contributed by atoms with van der Waals surface area (Å²) in [7, 11) is 0. The van der Waals surface area contributed by atoms with Gasteiger partial charge in [-0.1, -0.05) is 50.7 Å². The number of benzene rings is 1. The predicted octanol–water partition coefficient (Wildman–Crippen LogP) is 4.03. The van der Waals surface area contributed by atoms with Gasteiger partial charge in [-0.3, -0.25) is 11.3 Å². The molecule has 0 aliphatic heterocycles. The first-order chi connectivity index (χ1) is 10.3. The molecule has 21 heavy (non-hydrogen) atoms. The van der Waals surface area contributed by atoms with E-state index in [1.807, 2.05) is 0 Å². The van der Waals surface area contributed by atoms with Gasteiger partial charge in [0.15, 0.2) is 0 Å². The standard InChI is InChI=1S/C17H25N3S/c18-20-14(11-13-7-3-1-2-4-8-13)12-17-19-15-9-5-6-10-16(15)21-17/h5-6,9-10,13-14,20H,1-4,7-8,11-12,18H2. The molecule has 0 bridgehead atoms. The summed E-state index contributed by atoms with van der Waals surface area (Å²) in [6.07, 6.45) is 10.5. The van der Waals surface area contributed by atoms with E-state index < -0.39 is 0 Å². The summed E-state index contributed by atoms with van der Waals surface area (Å²) in [6.45, 7) is 0. The molecule has 1 aromatic carbocycles. The predicted molar refractivity (Wildman–Crippen MR) is 90.2 cm³/mol. The van der Waals surface area contributed by atoms with Crippen LogP contribution < -0.4 is 11.3 Å². The van der Waals surface area contributed by atoms with Crippen LogP contribution in [0.15, 0.2) is 24.3 Å². The fourth-order valence-electron chi connectivity index (χ4n) is 3.43. The number of fused-ring (bicyclic) bond motifs is 1. The van der Waals surface area contributed by atoms with Gasteiger partial charge in [0.05, 0.1) is 15.2 Å². The van der Waals surface area contributed by atoms with Gasteiger partial charge in [-0.05, 0) is 24.5 Å². The van der Waals surface area contributed by atoms with Crippen LogP contribution in [-0.4, -0.2) is 11.0 Å². The zero-order valence-corrected chi connectivity index (χ0v) is 13.4. The molecule has 0 saturated heterocycles. The number of nitrogens with two attached hydrogens (primary N) is 1. The molecule has 3 N–H and O–H groups in total. The molecule has 3 nitrogen and oxygen atoms in total. The van der Waals surface area contributed by atoms with Crippen LogP contribution in [0.3, 0.4) is 0 Å². The van der Waals surface area contributed by atoms with Crippen molar-refractivity contribution in [3.8, 4) is 0 Å². The van der Waals surface area contributed by atoms with E-state index in [1.165, 1.54) is 54.7 Å². The van der Waals surface area contributed by atoms with Gasteiger partial charge in [0.25, 0.3) is 0 Å². The molecule has 0 amide bonds. The Bertz CT molecular complexity index is 525. The maximum Gasteiger partial charge on any atom is 0.0954 e. The first-order valence-electron chi connectivity index (χ1n) is 8.15. The molecule has 2 aromatic rings. The van der Waals surface area contributed by atoms with Gasteiger partial charge in [0, 0.05) is 12.5 Å². The molecule has 1 fully saturated rings. The maximum atomic E-state index is 5.80. The lowest BCUT2D eigenvalue weighted by Gasteiger charge is -2.21. The van der Waals surface area contributed by atoms with E-state index in [-0.39, 0.29) is 0 Å². The van der Waals surface area contributed by atoms with E-state index >= 15 is 0 Å². The minimum Gasteiger partial charge on any atom is -0.271 e. The van der Waals surface area contributed by atoms with Crippen molar-refractivity contribution >= 4 is 21.6 Å². The van der Waals surface area contributed by atoms with E-state index in [4.69, 9.17) is 10.8 Å². The van der Waals surface area contributed by atoms with Gasteiger partial charge in [-0.25, -0.2) is 4.98 Å². The fraction of sp³-hybridized carbons (Fsp3) is 0.588. The molecule has 1 heterocycles. The number of nitrogens with one attached hydrogen (secondary N) is 1. The summed E-state index contributed by atoms with van der Waals surface area (Å²) in [5.41, 5.74) is 4.14. The molecule has 3 rings (SSSR count). The van der Waals surface area contributed by atoms with Crippen LogP contribution in [0.4, 0.5) is 0 Å². The van der Waals surface area contributed by atoms with E-state index in [2.05, 4.69) is 29.7 Å². The summed E-state index contributed by atoms with van der Waals surface area (Å²) in [4.78, 5) is 4.74. The average Bonchev–Trinajstić information content (AvgIpc) is 2.73. The Hall–Kier alpha value is -0.970. The third-order valence-corrected chi connectivity index (χ3v) is 5.65. The Morgan fingerprint density at radius 1 is 1.19 bits per heavy atom. The molecule has 0 spiro atoms. The van der Waals surface area contributed by atoms with Crippen LogP contribution in [-0.2, 0) is 6.42 Å². The number of aromatic nitrogens is 1. The van der Waals surface area contributed by atoms with Crippen molar-refractivity contribution in [1.82, 2.24) is 10.4 Å². The van der Waals surface area contributed by atoms with Crippen LogP contribution in [0.2, 0.25) is 0 Å². The summed E-state index contributed by atoms with van der Waals surface area (Å²) in [5.74, 6) is 6.63. The highest BCUT2D eigenvalue weighted by molar-refractivity contribution is 7.18. The van der Waals surface area contributed by atoms with E-state index in [0.717, 1.165) is 17.9 Å². The first-order valence-corrected chi connectivity index (χ1v) is 8.97. The highest BCUT2D eigenvalue weighted by atomic mass is 32.1. The summed E-state index contributed by atoms with van der Waals surface area (Å²) < 4.78 is 1.28. The minimum atomic E-state index is 0.355. The Balaban J connectivity index is 1.63. The smallest absolute Gasteiger partial charge is 0.0954 e. The number of hydrogen-bond acceptors (Lipinski definition) is 4. The largest absolute Gasteiger partial charge is 0.271 e. The number of nitrogens with zero attached hydrogens (tertiary/aromatic N) is 1. The van der Waals surface area contributed by atoms with Crippen LogP contribution in [0, 0.1) is 5.92 Å². The monoisotopic (exact) mass is 303 g/mol. The lowest BCUT2D eigenvalue weighted by molar-refractivity contribution is 0.352. The van der Waals surface area contributed by atoms with Crippen molar-refractivity contribution in [2.75, 3.05) is 0 Å². The number of para-hydroxylation sites is 1. The average molecular weight is 303 g/mol. The second-order valence-corrected chi connectivity index (χ2v) is 7.35. The third-order valence-electron chi connectivity index (χ3n) is 4.59. The number of hydrazine groups is 1. The Kier molecular flexibility index (Phi) is 5.22. The molecule has 1 aliphatic carbocycles. The zero-order chi connectivity index (χ0) is 14.5. The SMILES string of the molecule is NNC(Cc1nc2ccccc2s1)CC1CCCCCC1. The number of rotatable bonds is 5.